The second kappa shape index (κ2) is 11.1. The molecule has 2 fully saturated rings. The summed E-state index contributed by atoms with van der Waals surface area (Å²) >= 11 is 6.53. The zero-order valence-corrected chi connectivity index (χ0v) is 19.7. The van der Waals surface area contributed by atoms with Crippen molar-refractivity contribution in [2.24, 2.45) is 0 Å². The average Bonchev–Trinajstić information content (AvgIpc) is 2.84. The Kier molecular flexibility index (Phi) is 7.93. The van der Waals surface area contributed by atoms with Crippen LogP contribution in [0.3, 0.4) is 0 Å². The van der Waals surface area contributed by atoms with E-state index in [9.17, 15) is 4.79 Å². The number of nitrogens with one attached hydrogen (secondary N) is 1. The first-order valence-corrected chi connectivity index (χ1v) is 12.3. The molecule has 0 atom stereocenters. The quantitative estimate of drug-likeness (QED) is 0.594. The molecule has 1 saturated heterocycles. The number of nitrogens with zero attached hydrogens (tertiary/aromatic N) is 2. The van der Waals surface area contributed by atoms with Crippen LogP contribution in [0.4, 0.5) is 11.4 Å². The van der Waals surface area contributed by atoms with Crippen LogP contribution in [0.15, 0.2) is 42.5 Å². The minimum Gasteiger partial charge on any atom is -0.484 e. The van der Waals surface area contributed by atoms with Gasteiger partial charge in [-0.2, -0.15) is 0 Å². The Labute approximate surface area is 196 Å². The summed E-state index contributed by atoms with van der Waals surface area (Å²) in [7, 11) is 0. The molecule has 0 bridgehead atoms. The summed E-state index contributed by atoms with van der Waals surface area (Å²) in [6, 6.07) is 13.9. The van der Waals surface area contributed by atoms with Gasteiger partial charge >= 0.3 is 0 Å². The van der Waals surface area contributed by atoms with Crippen LogP contribution in [0.2, 0.25) is 5.02 Å². The third-order valence-corrected chi connectivity index (χ3v) is 7.02. The van der Waals surface area contributed by atoms with E-state index in [1.165, 1.54) is 37.7 Å². The van der Waals surface area contributed by atoms with E-state index in [1.807, 2.05) is 30.3 Å². The fourth-order valence-electron chi connectivity index (χ4n) is 4.76. The van der Waals surface area contributed by atoms with Gasteiger partial charge in [-0.25, -0.2) is 0 Å². The van der Waals surface area contributed by atoms with Crippen LogP contribution in [0, 0.1) is 0 Å². The molecule has 32 heavy (non-hydrogen) atoms. The third-order valence-electron chi connectivity index (χ3n) is 6.72. The fourth-order valence-corrected chi connectivity index (χ4v) is 5.06. The minimum absolute atomic E-state index is 0.0267. The number of ether oxygens (including phenoxy) is 1. The Balaban J connectivity index is 1.26. The molecule has 1 saturated carbocycles. The monoisotopic (exact) mass is 455 g/mol. The van der Waals surface area contributed by atoms with Gasteiger partial charge in [-0.15, -0.1) is 0 Å². The number of anilines is 2. The van der Waals surface area contributed by atoms with Crippen LogP contribution in [-0.4, -0.2) is 50.1 Å². The van der Waals surface area contributed by atoms with Gasteiger partial charge in [0.2, 0.25) is 0 Å². The van der Waals surface area contributed by atoms with Crippen molar-refractivity contribution in [3.05, 3.63) is 53.1 Å². The Morgan fingerprint density at radius 1 is 1.03 bits per heavy atom. The molecular weight excluding hydrogens is 422 g/mol. The first-order valence-electron chi connectivity index (χ1n) is 11.9. The third kappa shape index (κ3) is 5.96. The Bertz CT molecular complexity index is 888. The van der Waals surface area contributed by atoms with E-state index in [0.29, 0.717) is 16.6 Å². The fraction of sp³-hybridized carbons (Fsp3) is 0.500. The van der Waals surface area contributed by atoms with Gasteiger partial charge in [-0.05, 0) is 61.2 Å². The van der Waals surface area contributed by atoms with E-state index in [-0.39, 0.29) is 12.5 Å². The van der Waals surface area contributed by atoms with Gasteiger partial charge < -0.3 is 19.9 Å². The molecule has 1 aliphatic carbocycles. The molecule has 5 nitrogen and oxygen atoms in total. The Morgan fingerprint density at radius 2 is 1.75 bits per heavy atom. The van der Waals surface area contributed by atoms with Crippen molar-refractivity contribution < 1.29 is 9.53 Å². The van der Waals surface area contributed by atoms with Crippen molar-refractivity contribution in [2.45, 2.75) is 44.9 Å². The van der Waals surface area contributed by atoms with E-state index in [0.717, 1.165) is 44.2 Å². The van der Waals surface area contributed by atoms with Gasteiger partial charge in [-0.1, -0.05) is 49.9 Å². The van der Waals surface area contributed by atoms with Crippen LogP contribution in [0.5, 0.6) is 5.75 Å². The van der Waals surface area contributed by atoms with Crippen LogP contribution < -0.4 is 15.0 Å². The molecule has 1 N–H and O–H groups in total. The lowest BCUT2D eigenvalue weighted by molar-refractivity contribution is -0.118. The number of piperazine rings is 1. The standard InChI is InChI=1S/C26H34ClN3O2/c1-2-29-14-16-30(17-15-29)25-13-10-22(18-24(25)27)28-26(31)19-32-23-11-8-21(9-12-23)20-6-4-3-5-7-20/h8-13,18,20H,2-7,14-17,19H2,1H3,(H,28,31). The van der Waals surface area contributed by atoms with E-state index >= 15 is 0 Å². The SMILES string of the molecule is CCN1CCN(c2ccc(NC(=O)COc3ccc(C4CCCCC4)cc3)cc2Cl)CC1. The number of carbonyl (C=O) groups is 1. The van der Waals surface area contributed by atoms with Crippen molar-refractivity contribution in [2.75, 3.05) is 49.5 Å². The van der Waals surface area contributed by atoms with Crippen LogP contribution in [0.1, 0.15) is 50.5 Å². The lowest BCUT2D eigenvalue weighted by Gasteiger charge is -2.36. The Hall–Kier alpha value is -2.24. The Morgan fingerprint density at radius 3 is 2.41 bits per heavy atom. The summed E-state index contributed by atoms with van der Waals surface area (Å²) in [6.07, 6.45) is 6.56. The predicted molar refractivity (Wildman–Crippen MR) is 132 cm³/mol. The second-order valence-electron chi connectivity index (χ2n) is 8.83. The highest BCUT2D eigenvalue weighted by Crippen LogP contribution is 2.33. The summed E-state index contributed by atoms with van der Waals surface area (Å²) in [5.41, 5.74) is 3.09. The summed E-state index contributed by atoms with van der Waals surface area (Å²) in [4.78, 5) is 17.1. The van der Waals surface area contributed by atoms with Gasteiger partial charge in [0.1, 0.15) is 5.75 Å². The van der Waals surface area contributed by atoms with Crippen LogP contribution in [0.25, 0.3) is 0 Å². The molecule has 0 radical (unpaired) electrons. The highest BCUT2D eigenvalue weighted by molar-refractivity contribution is 6.33. The number of hydrogen-bond donors (Lipinski definition) is 1. The van der Waals surface area contributed by atoms with E-state index in [2.05, 4.69) is 34.2 Å². The van der Waals surface area contributed by atoms with Gasteiger partial charge in [0, 0.05) is 31.9 Å². The van der Waals surface area contributed by atoms with Crippen molar-refractivity contribution >= 4 is 28.9 Å². The van der Waals surface area contributed by atoms with Crippen molar-refractivity contribution in [3.63, 3.8) is 0 Å². The highest BCUT2D eigenvalue weighted by Gasteiger charge is 2.18. The molecule has 0 spiro atoms. The first kappa shape index (κ1) is 22.9. The lowest BCUT2D eigenvalue weighted by Crippen LogP contribution is -2.46. The smallest absolute Gasteiger partial charge is 0.262 e. The number of likely N-dealkylation sites (N-methyl/N-ethyl adjacent to an activating group) is 1. The molecular formula is C26H34ClN3O2. The molecule has 1 amide bonds. The largest absolute Gasteiger partial charge is 0.484 e. The maximum atomic E-state index is 12.4. The number of halogens is 1. The molecule has 2 aliphatic rings. The molecule has 172 valence electrons. The maximum absolute atomic E-state index is 12.4. The number of hydrogen-bond acceptors (Lipinski definition) is 4. The zero-order chi connectivity index (χ0) is 22.3. The first-order chi connectivity index (χ1) is 15.6. The molecule has 2 aromatic rings. The summed E-state index contributed by atoms with van der Waals surface area (Å²) < 4.78 is 5.69. The molecule has 4 rings (SSSR count). The topological polar surface area (TPSA) is 44.8 Å². The average molecular weight is 456 g/mol. The van der Waals surface area contributed by atoms with Crippen LogP contribution >= 0.6 is 11.6 Å². The highest BCUT2D eigenvalue weighted by atomic mass is 35.5. The molecule has 1 aliphatic heterocycles. The minimum atomic E-state index is -0.193. The molecule has 0 aromatic heterocycles. The zero-order valence-electron chi connectivity index (χ0n) is 19.0. The lowest BCUT2D eigenvalue weighted by atomic mass is 9.84. The number of rotatable bonds is 7. The normalized spacial score (nSPS) is 17.9. The van der Waals surface area contributed by atoms with E-state index < -0.39 is 0 Å². The summed E-state index contributed by atoms with van der Waals surface area (Å²) in [6.45, 7) is 7.27. The van der Waals surface area contributed by atoms with Gasteiger partial charge in [-0.3, -0.25) is 4.79 Å². The van der Waals surface area contributed by atoms with Crippen molar-refractivity contribution in [1.29, 1.82) is 0 Å². The van der Waals surface area contributed by atoms with Crippen LogP contribution in [-0.2, 0) is 4.79 Å². The molecule has 6 heteroatoms. The van der Waals surface area contributed by atoms with Gasteiger partial charge in [0.15, 0.2) is 6.61 Å². The summed E-state index contributed by atoms with van der Waals surface area (Å²) in [5.74, 6) is 1.20. The molecule has 1 heterocycles. The second-order valence-corrected chi connectivity index (χ2v) is 9.24. The number of carbonyl (C=O) groups excluding carboxylic acids is 1. The summed E-state index contributed by atoms with van der Waals surface area (Å²) in [5, 5.41) is 3.55. The van der Waals surface area contributed by atoms with Gasteiger partial charge in [0.05, 0.1) is 10.7 Å². The van der Waals surface area contributed by atoms with Crippen molar-refractivity contribution in [3.8, 4) is 5.75 Å². The molecule has 2 aromatic carbocycles. The number of amides is 1. The molecule has 0 unspecified atom stereocenters. The van der Waals surface area contributed by atoms with Gasteiger partial charge in [0.25, 0.3) is 5.91 Å². The van der Waals surface area contributed by atoms with E-state index in [1.54, 1.807) is 0 Å². The number of benzene rings is 2. The predicted octanol–water partition coefficient (Wildman–Crippen LogP) is 5.55. The van der Waals surface area contributed by atoms with E-state index in [4.69, 9.17) is 16.3 Å². The maximum Gasteiger partial charge on any atom is 0.262 e. The van der Waals surface area contributed by atoms with Crippen molar-refractivity contribution in [1.82, 2.24) is 4.90 Å².